The van der Waals surface area contributed by atoms with Crippen LogP contribution < -0.4 is 0 Å². The molecule has 11 heavy (non-hydrogen) atoms. The van der Waals surface area contributed by atoms with Gasteiger partial charge in [-0.15, -0.1) is 11.3 Å². The highest BCUT2D eigenvalue weighted by atomic mass is 32.1. The molecule has 0 saturated carbocycles. The molecule has 0 aliphatic carbocycles. The molecular weight excluding hydrogens is 174 g/mol. The standard InChI is InChI=1S/C8H13NS2/c1-3-5-7-6(4-2)9-8(10)11-7/h3-5H2,1-2H3,(H,9,10). The van der Waals surface area contributed by atoms with Gasteiger partial charge in [-0.05, 0) is 25.1 Å². The summed E-state index contributed by atoms with van der Waals surface area (Å²) in [5.74, 6) is 0. The molecule has 1 rings (SSSR count). The van der Waals surface area contributed by atoms with Crippen molar-refractivity contribution >= 4 is 23.6 Å². The summed E-state index contributed by atoms with van der Waals surface area (Å²) in [6, 6.07) is 0. The molecule has 1 heterocycles. The smallest absolute Gasteiger partial charge is 0.158 e. The monoisotopic (exact) mass is 187 g/mol. The zero-order chi connectivity index (χ0) is 8.27. The van der Waals surface area contributed by atoms with E-state index in [1.54, 1.807) is 11.3 Å². The molecule has 1 aromatic rings. The summed E-state index contributed by atoms with van der Waals surface area (Å²) in [7, 11) is 0. The molecule has 3 heteroatoms. The minimum absolute atomic E-state index is 0.922. The molecule has 0 atom stereocenters. The molecule has 0 aromatic carbocycles. The van der Waals surface area contributed by atoms with Gasteiger partial charge in [-0.25, -0.2) is 0 Å². The second kappa shape index (κ2) is 4.02. The molecule has 62 valence electrons. The van der Waals surface area contributed by atoms with E-state index < -0.39 is 0 Å². The van der Waals surface area contributed by atoms with Crippen LogP contribution in [-0.4, -0.2) is 4.98 Å². The lowest BCUT2D eigenvalue weighted by molar-refractivity contribution is 0.905. The quantitative estimate of drug-likeness (QED) is 0.718. The van der Waals surface area contributed by atoms with Crippen LogP contribution in [0.1, 0.15) is 30.8 Å². The van der Waals surface area contributed by atoms with Gasteiger partial charge in [0.15, 0.2) is 3.95 Å². The van der Waals surface area contributed by atoms with Crippen LogP contribution in [0.5, 0.6) is 0 Å². The Balaban J connectivity index is 2.92. The first-order valence-electron chi connectivity index (χ1n) is 3.98. The van der Waals surface area contributed by atoms with Gasteiger partial charge >= 0.3 is 0 Å². The highest BCUT2D eigenvalue weighted by Crippen LogP contribution is 2.17. The van der Waals surface area contributed by atoms with Gasteiger partial charge in [0.05, 0.1) is 0 Å². The summed E-state index contributed by atoms with van der Waals surface area (Å²) in [5, 5.41) is 0. The van der Waals surface area contributed by atoms with Crippen LogP contribution in [0.15, 0.2) is 0 Å². The van der Waals surface area contributed by atoms with E-state index in [2.05, 4.69) is 18.8 Å². The lowest BCUT2D eigenvalue weighted by Gasteiger charge is -1.95. The third-order valence-corrected chi connectivity index (χ3v) is 2.97. The number of aromatic nitrogens is 1. The highest BCUT2D eigenvalue weighted by molar-refractivity contribution is 7.73. The van der Waals surface area contributed by atoms with Crippen LogP contribution in [0, 0.1) is 3.95 Å². The Morgan fingerprint density at radius 1 is 1.45 bits per heavy atom. The number of H-pyrrole nitrogens is 1. The molecule has 0 radical (unpaired) electrons. The molecule has 0 unspecified atom stereocenters. The second-order valence-electron chi connectivity index (χ2n) is 2.52. The third kappa shape index (κ3) is 2.14. The molecule has 1 aromatic heterocycles. The molecule has 0 fully saturated rings. The Hall–Kier alpha value is -0.150. The minimum atomic E-state index is 0.922. The third-order valence-electron chi connectivity index (χ3n) is 1.64. The molecule has 0 amide bonds. The summed E-state index contributed by atoms with van der Waals surface area (Å²) in [6.45, 7) is 4.36. The maximum Gasteiger partial charge on any atom is 0.158 e. The average Bonchev–Trinajstić information content (AvgIpc) is 2.32. The fourth-order valence-electron chi connectivity index (χ4n) is 1.11. The van der Waals surface area contributed by atoms with E-state index in [-0.39, 0.29) is 0 Å². The molecule has 0 spiro atoms. The van der Waals surface area contributed by atoms with Crippen molar-refractivity contribution in [2.45, 2.75) is 33.1 Å². The van der Waals surface area contributed by atoms with Gasteiger partial charge in [0.25, 0.3) is 0 Å². The second-order valence-corrected chi connectivity index (χ2v) is 4.29. The molecule has 1 nitrogen and oxygen atoms in total. The van der Waals surface area contributed by atoms with Gasteiger partial charge in [0.1, 0.15) is 0 Å². The molecule has 0 aliphatic heterocycles. The largest absolute Gasteiger partial charge is 0.341 e. The minimum Gasteiger partial charge on any atom is -0.341 e. The van der Waals surface area contributed by atoms with E-state index in [0.717, 1.165) is 10.4 Å². The van der Waals surface area contributed by atoms with Crippen LogP contribution in [0.25, 0.3) is 0 Å². The topological polar surface area (TPSA) is 15.8 Å². The van der Waals surface area contributed by atoms with Gasteiger partial charge in [0.2, 0.25) is 0 Å². The Morgan fingerprint density at radius 2 is 2.18 bits per heavy atom. The van der Waals surface area contributed by atoms with Crippen molar-refractivity contribution in [1.29, 1.82) is 0 Å². The van der Waals surface area contributed by atoms with Crippen LogP contribution >= 0.6 is 23.6 Å². The summed E-state index contributed by atoms with van der Waals surface area (Å²) in [6.07, 6.45) is 3.44. The Labute approximate surface area is 76.5 Å². The average molecular weight is 187 g/mol. The maximum atomic E-state index is 5.06. The first-order chi connectivity index (χ1) is 5.27. The van der Waals surface area contributed by atoms with Crippen LogP contribution in [0.4, 0.5) is 0 Å². The van der Waals surface area contributed by atoms with E-state index in [0.29, 0.717) is 0 Å². The predicted molar refractivity (Wildman–Crippen MR) is 52.9 cm³/mol. The lowest BCUT2D eigenvalue weighted by Crippen LogP contribution is -1.86. The number of thiazole rings is 1. The number of rotatable bonds is 3. The molecule has 0 bridgehead atoms. The molecule has 0 aliphatic rings. The normalized spacial score (nSPS) is 10.4. The number of hydrogen-bond acceptors (Lipinski definition) is 2. The number of nitrogens with one attached hydrogen (secondary N) is 1. The Bertz CT molecular complexity index is 272. The van der Waals surface area contributed by atoms with Crippen molar-refractivity contribution in [2.75, 3.05) is 0 Å². The highest BCUT2D eigenvalue weighted by Gasteiger charge is 2.01. The first-order valence-corrected chi connectivity index (χ1v) is 5.21. The SMILES string of the molecule is CCCc1sc(=S)[nH]c1CC. The zero-order valence-electron chi connectivity index (χ0n) is 6.94. The van der Waals surface area contributed by atoms with Gasteiger partial charge in [-0.3, -0.25) is 0 Å². The van der Waals surface area contributed by atoms with Crippen LogP contribution in [-0.2, 0) is 12.8 Å². The van der Waals surface area contributed by atoms with Crippen molar-refractivity contribution in [3.8, 4) is 0 Å². The molecular formula is C8H13NS2. The number of aromatic amines is 1. The summed E-state index contributed by atoms with van der Waals surface area (Å²) in [5.41, 5.74) is 1.34. The lowest BCUT2D eigenvalue weighted by atomic mass is 10.2. The van der Waals surface area contributed by atoms with Gasteiger partial charge < -0.3 is 4.98 Å². The Morgan fingerprint density at radius 3 is 2.73 bits per heavy atom. The number of aryl methyl sites for hydroxylation is 2. The summed E-state index contributed by atoms with van der Waals surface area (Å²) >= 11 is 6.79. The van der Waals surface area contributed by atoms with Crippen molar-refractivity contribution in [1.82, 2.24) is 4.98 Å². The van der Waals surface area contributed by atoms with E-state index >= 15 is 0 Å². The fraction of sp³-hybridized carbons (Fsp3) is 0.625. The van der Waals surface area contributed by atoms with Crippen molar-refractivity contribution in [3.63, 3.8) is 0 Å². The van der Waals surface area contributed by atoms with E-state index in [1.165, 1.54) is 23.4 Å². The Kier molecular flexibility index (Phi) is 3.27. The van der Waals surface area contributed by atoms with Crippen molar-refractivity contribution < 1.29 is 0 Å². The summed E-state index contributed by atoms with van der Waals surface area (Å²) in [4.78, 5) is 4.66. The van der Waals surface area contributed by atoms with E-state index in [9.17, 15) is 0 Å². The van der Waals surface area contributed by atoms with E-state index in [1.807, 2.05) is 0 Å². The maximum absolute atomic E-state index is 5.06. The first kappa shape index (κ1) is 8.94. The van der Waals surface area contributed by atoms with Crippen molar-refractivity contribution in [2.24, 2.45) is 0 Å². The van der Waals surface area contributed by atoms with Gasteiger partial charge in [-0.2, -0.15) is 0 Å². The van der Waals surface area contributed by atoms with Crippen LogP contribution in [0.2, 0.25) is 0 Å². The fourth-order valence-corrected chi connectivity index (χ4v) is 2.55. The zero-order valence-corrected chi connectivity index (χ0v) is 8.57. The molecule has 0 saturated heterocycles. The summed E-state index contributed by atoms with van der Waals surface area (Å²) < 4.78 is 0.922. The molecule has 1 N–H and O–H groups in total. The van der Waals surface area contributed by atoms with E-state index in [4.69, 9.17) is 12.2 Å². The predicted octanol–water partition coefficient (Wildman–Crippen LogP) is 3.32. The number of hydrogen-bond donors (Lipinski definition) is 1. The van der Waals surface area contributed by atoms with Gasteiger partial charge in [0, 0.05) is 10.6 Å². The van der Waals surface area contributed by atoms with Crippen molar-refractivity contribution in [3.05, 3.63) is 14.5 Å². The van der Waals surface area contributed by atoms with Gasteiger partial charge in [-0.1, -0.05) is 20.3 Å². The van der Waals surface area contributed by atoms with Crippen LogP contribution in [0.3, 0.4) is 0 Å².